The molecule has 4 rings (SSSR count). The van der Waals surface area contributed by atoms with E-state index >= 15 is 0 Å². The number of anilines is 1. The molecular formula is C22H25N5O4. The first kappa shape index (κ1) is 20.7. The van der Waals surface area contributed by atoms with Crippen LogP contribution in [0.5, 0.6) is 0 Å². The lowest BCUT2D eigenvalue weighted by molar-refractivity contribution is -0.127. The minimum Gasteiger partial charge on any atom is -0.465 e. The van der Waals surface area contributed by atoms with E-state index in [1.54, 1.807) is 24.3 Å². The molecule has 0 radical (unpaired) electrons. The van der Waals surface area contributed by atoms with Crippen LogP contribution in [-0.4, -0.2) is 40.1 Å². The predicted molar refractivity (Wildman–Crippen MR) is 113 cm³/mol. The van der Waals surface area contributed by atoms with E-state index in [1.807, 2.05) is 0 Å². The maximum Gasteiger partial charge on any atom is 0.409 e. The monoisotopic (exact) mass is 423 g/mol. The van der Waals surface area contributed by atoms with Crippen molar-refractivity contribution in [2.24, 2.45) is 11.8 Å². The second-order valence-corrected chi connectivity index (χ2v) is 8.34. The van der Waals surface area contributed by atoms with Crippen LogP contribution in [0, 0.1) is 23.2 Å². The summed E-state index contributed by atoms with van der Waals surface area (Å²) in [7, 11) is 0. The van der Waals surface area contributed by atoms with E-state index in [0.717, 1.165) is 31.1 Å². The first-order valence-electron chi connectivity index (χ1n) is 10.6. The topological polar surface area (TPSA) is 147 Å². The van der Waals surface area contributed by atoms with Crippen LogP contribution in [0.2, 0.25) is 0 Å². The van der Waals surface area contributed by atoms with Crippen molar-refractivity contribution in [3.8, 4) is 6.07 Å². The van der Waals surface area contributed by atoms with Crippen molar-refractivity contribution in [3.05, 3.63) is 30.0 Å². The number of aromatic amines is 1. The molecule has 3 atom stereocenters. The molecule has 162 valence electrons. The van der Waals surface area contributed by atoms with Crippen LogP contribution in [0.25, 0.3) is 10.9 Å². The lowest BCUT2D eigenvalue weighted by Crippen LogP contribution is -2.50. The molecule has 1 aromatic carbocycles. The Morgan fingerprint density at radius 3 is 2.61 bits per heavy atom. The van der Waals surface area contributed by atoms with Crippen molar-refractivity contribution in [2.75, 3.05) is 5.32 Å². The minimum atomic E-state index is -1.16. The van der Waals surface area contributed by atoms with E-state index in [9.17, 15) is 19.6 Å². The Labute approximate surface area is 179 Å². The molecular weight excluding hydrogens is 398 g/mol. The number of nitrogens with zero attached hydrogens (tertiary/aromatic N) is 1. The fourth-order valence-electron chi connectivity index (χ4n) is 4.26. The van der Waals surface area contributed by atoms with Crippen LogP contribution in [0.4, 0.5) is 10.5 Å². The summed E-state index contributed by atoms with van der Waals surface area (Å²) in [5.41, 5.74) is 1.39. The number of hydrogen-bond acceptors (Lipinski definition) is 4. The molecule has 2 fully saturated rings. The smallest absolute Gasteiger partial charge is 0.409 e. The Bertz CT molecular complexity index is 1050. The number of nitrogens with one attached hydrogen (secondary N) is 4. The van der Waals surface area contributed by atoms with Crippen molar-refractivity contribution in [1.29, 1.82) is 5.26 Å². The van der Waals surface area contributed by atoms with Gasteiger partial charge >= 0.3 is 6.09 Å². The highest BCUT2D eigenvalue weighted by Crippen LogP contribution is 2.33. The number of benzene rings is 1. The van der Waals surface area contributed by atoms with Gasteiger partial charge in [-0.3, -0.25) is 14.9 Å². The summed E-state index contributed by atoms with van der Waals surface area (Å²) < 4.78 is 0. The molecule has 0 spiro atoms. The van der Waals surface area contributed by atoms with Crippen LogP contribution in [0.1, 0.15) is 49.0 Å². The van der Waals surface area contributed by atoms with Gasteiger partial charge in [0.15, 0.2) is 0 Å². The van der Waals surface area contributed by atoms with Gasteiger partial charge in [0.05, 0.1) is 12.0 Å². The van der Waals surface area contributed by atoms with Crippen molar-refractivity contribution in [3.63, 3.8) is 0 Å². The van der Waals surface area contributed by atoms with E-state index < -0.39 is 12.1 Å². The Morgan fingerprint density at radius 2 is 1.90 bits per heavy atom. The number of carbonyl (C=O) groups is 3. The van der Waals surface area contributed by atoms with Crippen LogP contribution in [-0.2, 0) is 4.79 Å². The molecule has 1 aromatic heterocycles. The Kier molecular flexibility index (Phi) is 5.80. The van der Waals surface area contributed by atoms with E-state index in [2.05, 4.69) is 27.0 Å². The van der Waals surface area contributed by atoms with Crippen LogP contribution in [0.15, 0.2) is 24.3 Å². The molecule has 0 unspecified atom stereocenters. The Hall–Kier alpha value is -3.54. The number of amides is 3. The third-order valence-electron chi connectivity index (χ3n) is 6.07. The highest BCUT2D eigenvalue weighted by Gasteiger charge is 2.37. The molecule has 0 saturated heterocycles. The Morgan fingerprint density at radius 1 is 1.13 bits per heavy atom. The second-order valence-electron chi connectivity index (χ2n) is 8.34. The predicted octanol–water partition coefficient (Wildman–Crippen LogP) is 2.96. The SMILES string of the molecule is N#C[C@@H](NC(=O)[C@@H]1CCCC[C@@H]1NC(=O)c1cc2ccc(NC(=O)O)cc2[nH]1)C1CC1. The molecule has 5 N–H and O–H groups in total. The summed E-state index contributed by atoms with van der Waals surface area (Å²) in [4.78, 5) is 39.5. The summed E-state index contributed by atoms with van der Waals surface area (Å²) in [5, 5.41) is 27.1. The van der Waals surface area contributed by atoms with Gasteiger partial charge in [0.25, 0.3) is 5.91 Å². The van der Waals surface area contributed by atoms with Gasteiger partial charge in [-0.15, -0.1) is 0 Å². The van der Waals surface area contributed by atoms with Gasteiger partial charge in [0.2, 0.25) is 5.91 Å². The molecule has 3 amide bonds. The van der Waals surface area contributed by atoms with Gasteiger partial charge in [-0.05, 0) is 49.8 Å². The van der Waals surface area contributed by atoms with Crippen molar-refractivity contribution in [2.45, 2.75) is 50.6 Å². The lowest BCUT2D eigenvalue weighted by atomic mass is 9.83. The number of nitriles is 1. The number of hydrogen-bond donors (Lipinski definition) is 5. The van der Waals surface area contributed by atoms with Crippen LogP contribution in [0.3, 0.4) is 0 Å². The molecule has 2 aromatic rings. The fraction of sp³-hybridized carbons (Fsp3) is 0.455. The number of carbonyl (C=O) groups excluding carboxylic acids is 2. The zero-order valence-corrected chi connectivity index (χ0v) is 17.0. The quantitative estimate of drug-likeness (QED) is 0.485. The van der Waals surface area contributed by atoms with E-state index in [0.29, 0.717) is 29.7 Å². The summed E-state index contributed by atoms with van der Waals surface area (Å²) >= 11 is 0. The first-order chi connectivity index (χ1) is 14.9. The summed E-state index contributed by atoms with van der Waals surface area (Å²) in [6.45, 7) is 0. The maximum absolute atomic E-state index is 12.9. The number of fused-ring (bicyclic) bond motifs is 1. The van der Waals surface area contributed by atoms with E-state index in [1.165, 1.54) is 0 Å². The molecule has 31 heavy (non-hydrogen) atoms. The zero-order chi connectivity index (χ0) is 22.0. The molecule has 9 heteroatoms. The highest BCUT2D eigenvalue weighted by molar-refractivity contribution is 5.99. The van der Waals surface area contributed by atoms with Crippen LogP contribution < -0.4 is 16.0 Å². The molecule has 9 nitrogen and oxygen atoms in total. The number of carboxylic acid groups (broad SMARTS) is 1. The molecule has 2 saturated carbocycles. The standard InChI is InChI=1S/C22H25N5O4/c23-11-19(12-5-6-12)27-20(28)15-3-1-2-4-16(15)26-21(29)18-9-13-7-8-14(24-22(30)31)10-17(13)25-18/h7-10,12,15-16,19,24-25H,1-6H2,(H,26,29)(H,27,28)(H,30,31)/t15-,16+,19-/m1/s1. The molecule has 0 bridgehead atoms. The average molecular weight is 423 g/mol. The summed E-state index contributed by atoms with van der Waals surface area (Å²) in [5.74, 6) is -0.586. The van der Waals surface area contributed by atoms with Gasteiger partial charge < -0.3 is 20.7 Å². The van der Waals surface area contributed by atoms with Gasteiger partial charge in [0.1, 0.15) is 11.7 Å². The molecule has 2 aliphatic carbocycles. The third-order valence-corrected chi connectivity index (χ3v) is 6.07. The first-order valence-corrected chi connectivity index (χ1v) is 10.6. The zero-order valence-electron chi connectivity index (χ0n) is 17.0. The third kappa shape index (κ3) is 4.79. The number of aromatic nitrogens is 1. The number of rotatable bonds is 6. The van der Waals surface area contributed by atoms with E-state index in [4.69, 9.17) is 5.11 Å². The normalized spacial score (nSPS) is 21.6. The lowest BCUT2D eigenvalue weighted by Gasteiger charge is -2.31. The minimum absolute atomic E-state index is 0.163. The van der Waals surface area contributed by atoms with Gasteiger partial charge in [-0.1, -0.05) is 18.9 Å². The van der Waals surface area contributed by atoms with Crippen LogP contribution >= 0.6 is 0 Å². The summed E-state index contributed by atoms with van der Waals surface area (Å²) in [6.07, 6.45) is 3.99. The molecule has 2 aliphatic rings. The van der Waals surface area contributed by atoms with Crippen molar-refractivity contribution >= 4 is 34.5 Å². The number of H-pyrrole nitrogens is 1. The fourth-order valence-corrected chi connectivity index (χ4v) is 4.26. The van der Waals surface area contributed by atoms with Gasteiger partial charge in [-0.2, -0.15) is 5.26 Å². The highest BCUT2D eigenvalue weighted by atomic mass is 16.4. The van der Waals surface area contributed by atoms with Gasteiger partial charge in [-0.25, -0.2) is 4.79 Å². The van der Waals surface area contributed by atoms with E-state index in [-0.39, 0.29) is 29.7 Å². The van der Waals surface area contributed by atoms with Gasteiger partial charge in [0, 0.05) is 22.6 Å². The van der Waals surface area contributed by atoms with Crippen molar-refractivity contribution in [1.82, 2.24) is 15.6 Å². The van der Waals surface area contributed by atoms with Crippen molar-refractivity contribution < 1.29 is 19.5 Å². The average Bonchev–Trinajstić information content (AvgIpc) is 3.50. The molecule has 0 aliphatic heterocycles. The molecule has 1 heterocycles. The maximum atomic E-state index is 12.9. The second kappa shape index (κ2) is 8.68. The Balaban J connectivity index is 1.45. The summed E-state index contributed by atoms with van der Waals surface area (Å²) in [6, 6.07) is 8.11. The largest absolute Gasteiger partial charge is 0.465 e.